The number of carbonyl (C=O) groups excluding carboxylic acids is 2. The molecule has 1 aliphatic carbocycles. The van der Waals surface area contributed by atoms with Gasteiger partial charge in [-0.2, -0.15) is 5.26 Å². The Morgan fingerprint density at radius 1 is 1.32 bits per heavy atom. The van der Waals surface area contributed by atoms with Crippen LogP contribution in [0.4, 0.5) is 4.79 Å². The Labute approximate surface area is 129 Å². The van der Waals surface area contributed by atoms with E-state index in [0.717, 1.165) is 24.8 Å². The standard InChI is InChI=1S/C17H19N3O2/c1-17(14-8-7-12-5-4-6-13(12)11-14)15(21)20(16(22)19-17)10-3-2-9-18/h7-8,11H,2-6,10H2,1H3,(H,19,22)/t17-/m0/s1. The van der Waals surface area contributed by atoms with E-state index in [1.54, 1.807) is 6.92 Å². The van der Waals surface area contributed by atoms with Crippen molar-refractivity contribution in [3.8, 4) is 6.07 Å². The van der Waals surface area contributed by atoms with E-state index in [0.29, 0.717) is 19.4 Å². The number of benzene rings is 1. The van der Waals surface area contributed by atoms with Gasteiger partial charge in [0, 0.05) is 13.0 Å². The summed E-state index contributed by atoms with van der Waals surface area (Å²) in [6.07, 6.45) is 4.12. The number of nitriles is 1. The molecule has 3 amide bonds. The van der Waals surface area contributed by atoms with Crippen LogP contribution in [0.5, 0.6) is 0 Å². The van der Waals surface area contributed by atoms with Gasteiger partial charge in [-0.05, 0) is 49.3 Å². The third-order valence-corrected chi connectivity index (χ3v) is 4.62. The lowest BCUT2D eigenvalue weighted by atomic mass is 9.89. The average Bonchev–Trinajstić information content (AvgIpc) is 3.05. The van der Waals surface area contributed by atoms with Crippen LogP contribution in [0.1, 0.15) is 42.9 Å². The van der Waals surface area contributed by atoms with Gasteiger partial charge in [-0.25, -0.2) is 4.79 Å². The summed E-state index contributed by atoms with van der Waals surface area (Å²) in [5, 5.41) is 11.4. The molecule has 1 aromatic rings. The van der Waals surface area contributed by atoms with Gasteiger partial charge >= 0.3 is 6.03 Å². The van der Waals surface area contributed by atoms with Gasteiger partial charge in [-0.3, -0.25) is 9.69 Å². The Hall–Kier alpha value is -2.35. The number of fused-ring (bicyclic) bond motifs is 1. The van der Waals surface area contributed by atoms with E-state index >= 15 is 0 Å². The number of rotatable bonds is 4. The fraction of sp³-hybridized carbons (Fsp3) is 0.471. The minimum atomic E-state index is -0.999. The number of hydrogen-bond donors (Lipinski definition) is 1. The number of carbonyl (C=O) groups is 2. The molecule has 0 saturated carbocycles. The van der Waals surface area contributed by atoms with E-state index in [1.165, 1.54) is 16.0 Å². The summed E-state index contributed by atoms with van der Waals surface area (Å²) in [5.41, 5.74) is 2.47. The van der Waals surface area contributed by atoms with Crippen molar-refractivity contribution in [3.63, 3.8) is 0 Å². The summed E-state index contributed by atoms with van der Waals surface area (Å²) in [6.45, 7) is 2.05. The number of unbranched alkanes of at least 4 members (excludes halogenated alkanes) is 1. The molecule has 1 heterocycles. The van der Waals surface area contributed by atoms with Crippen LogP contribution in [-0.2, 0) is 23.2 Å². The van der Waals surface area contributed by atoms with E-state index < -0.39 is 5.54 Å². The predicted molar refractivity (Wildman–Crippen MR) is 80.9 cm³/mol. The van der Waals surface area contributed by atoms with Crippen molar-refractivity contribution < 1.29 is 9.59 Å². The Bertz CT molecular complexity index is 677. The zero-order valence-electron chi connectivity index (χ0n) is 12.7. The summed E-state index contributed by atoms with van der Waals surface area (Å²) < 4.78 is 0. The van der Waals surface area contributed by atoms with Crippen molar-refractivity contribution in [1.82, 2.24) is 10.2 Å². The highest BCUT2D eigenvalue weighted by Crippen LogP contribution is 2.32. The van der Waals surface area contributed by atoms with E-state index in [-0.39, 0.29) is 11.9 Å². The first-order chi connectivity index (χ1) is 10.6. The molecule has 1 atom stereocenters. The normalized spacial score (nSPS) is 23.4. The molecule has 3 rings (SSSR count). The number of nitrogens with zero attached hydrogens (tertiary/aromatic N) is 2. The Balaban J connectivity index is 1.85. The molecule has 1 aromatic carbocycles. The van der Waals surface area contributed by atoms with Gasteiger partial charge in [0.25, 0.3) is 5.91 Å². The maximum Gasteiger partial charge on any atom is 0.325 e. The zero-order chi connectivity index (χ0) is 15.7. The second-order valence-corrected chi connectivity index (χ2v) is 6.11. The van der Waals surface area contributed by atoms with Gasteiger partial charge in [0.05, 0.1) is 6.07 Å². The first kappa shape index (κ1) is 14.6. The number of aryl methyl sites for hydroxylation is 2. The maximum atomic E-state index is 12.7. The fourth-order valence-corrected chi connectivity index (χ4v) is 3.29. The smallest absolute Gasteiger partial charge is 0.319 e. The highest BCUT2D eigenvalue weighted by Gasteiger charge is 2.48. The highest BCUT2D eigenvalue weighted by atomic mass is 16.2. The monoisotopic (exact) mass is 297 g/mol. The third-order valence-electron chi connectivity index (χ3n) is 4.62. The van der Waals surface area contributed by atoms with E-state index in [4.69, 9.17) is 5.26 Å². The molecule has 1 saturated heterocycles. The molecular formula is C17H19N3O2. The van der Waals surface area contributed by atoms with Gasteiger partial charge in [-0.1, -0.05) is 18.2 Å². The van der Waals surface area contributed by atoms with E-state index in [1.807, 2.05) is 12.1 Å². The Kier molecular flexibility index (Phi) is 3.61. The van der Waals surface area contributed by atoms with Crippen LogP contribution in [0.3, 0.4) is 0 Å². The van der Waals surface area contributed by atoms with Crippen LogP contribution in [0.25, 0.3) is 0 Å². The van der Waals surface area contributed by atoms with Crippen LogP contribution in [0.2, 0.25) is 0 Å². The van der Waals surface area contributed by atoms with E-state index in [9.17, 15) is 9.59 Å². The average molecular weight is 297 g/mol. The molecule has 0 aromatic heterocycles. The van der Waals surface area contributed by atoms with Crippen LogP contribution in [0, 0.1) is 11.3 Å². The van der Waals surface area contributed by atoms with Crippen molar-refractivity contribution in [2.45, 2.75) is 44.6 Å². The number of hydrogen-bond acceptors (Lipinski definition) is 3. The predicted octanol–water partition coefficient (Wildman–Crippen LogP) is 2.25. The first-order valence-corrected chi connectivity index (χ1v) is 7.69. The molecule has 114 valence electrons. The summed E-state index contributed by atoms with van der Waals surface area (Å²) in [4.78, 5) is 26.0. The SMILES string of the molecule is C[C@@]1(c2ccc3c(c2)CCC3)NC(=O)N(CCCC#N)C1=O. The molecule has 0 unspecified atom stereocenters. The minimum Gasteiger partial charge on any atom is -0.319 e. The van der Waals surface area contributed by atoms with Crippen molar-refractivity contribution in [2.75, 3.05) is 6.54 Å². The molecule has 0 spiro atoms. The molecule has 22 heavy (non-hydrogen) atoms. The molecular weight excluding hydrogens is 278 g/mol. The minimum absolute atomic E-state index is 0.228. The van der Waals surface area contributed by atoms with Crippen molar-refractivity contribution in [1.29, 1.82) is 5.26 Å². The van der Waals surface area contributed by atoms with Gasteiger partial charge in [0.2, 0.25) is 0 Å². The van der Waals surface area contributed by atoms with Gasteiger partial charge in [-0.15, -0.1) is 0 Å². The quantitative estimate of drug-likeness (QED) is 0.684. The summed E-state index contributed by atoms with van der Waals surface area (Å²) in [6, 6.07) is 7.73. The van der Waals surface area contributed by atoms with Crippen LogP contribution < -0.4 is 5.32 Å². The molecule has 1 N–H and O–H groups in total. The Morgan fingerprint density at radius 3 is 2.86 bits per heavy atom. The third kappa shape index (κ3) is 2.25. The second kappa shape index (κ2) is 5.45. The first-order valence-electron chi connectivity index (χ1n) is 7.69. The molecule has 5 heteroatoms. The van der Waals surface area contributed by atoms with Gasteiger partial charge in [0.15, 0.2) is 0 Å². The molecule has 1 fully saturated rings. The molecule has 0 radical (unpaired) electrons. The lowest BCUT2D eigenvalue weighted by Crippen LogP contribution is -2.41. The zero-order valence-corrected chi connectivity index (χ0v) is 12.7. The lowest BCUT2D eigenvalue weighted by molar-refractivity contribution is -0.131. The molecule has 5 nitrogen and oxygen atoms in total. The largest absolute Gasteiger partial charge is 0.325 e. The molecule has 0 bridgehead atoms. The van der Waals surface area contributed by atoms with Crippen molar-refractivity contribution in [3.05, 3.63) is 34.9 Å². The molecule has 2 aliphatic rings. The summed E-state index contributed by atoms with van der Waals surface area (Å²) in [7, 11) is 0. The van der Waals surface area contributed by atoms with Gasteiger partial charge in [0.1, 0.15) is 5.54 Å². The molecule has 1 aliphatic heterocycles. The van der Waals surface area contributed by atoms with Gasteiger partial charge < -0.3 is 5.32 Å². The van der Waals surface area contributed by atoms with Crippen LogP contribution >= 0.6 is 0 Å². The summed E-state index contributed by atoms with van der Waals surface area (Å²) in [5.74, 6) is -0.228. The number of imide groups is 1. The topological polar surface area (TPSA) is 73.2 Å². The second-order valence-electron chi connectivity index (χ2n) is 6.11. The van der Waals surface area contributed by atoms with Crippen LogP contribution in [0.15, 0.2) is 18.2 Å². The number of amides is 3. The van der Waals surface area contributed by atoms with Crippen molar-refractivity contribution in [2.24, 2.45) is 0 Å². The van der Waals surface area contributed by atoms with Crippen molar-refractivity contribution >= 4 is 11.9 Å². The number of nitrogens with one attached hydrogen (secondary N) is 1. The summed E-state index contributed by atoms with van der Waals surface area (Å²) >= 11 is 0. The number of urea groups is 1. The fourth-order valence-electron chi connectivity index (χ4n) is 3.29. The maximum absolute atomic E-state index is 12.7. The Morgan fingerprint density at radius 2 is 2.09 bits per heavy atom. The highest BCUT2D eigenvalue weighted by molar-refractivity contribution is 6.07. The van der Waals surface area contributed by atoms with E-state index in [2.05, 4.69) is 17.4 Å². The van der Waals surface area contributed by atoms with Crippen LogP contribution in [-0.4, -0.2) is 23.4 Å². The lowest BCUT2D eigenvalue weighted by Gasteiger charge is -2.23.